The summed E-state index contributed by atoms with van der Waals surface area (Å²) in [7, 11) is 0. The molecule has 3 unspecified atom stereocenters. The van der Waals surface area contributed by atoms with Crippen molar-refractivity contribution in [1.82, 2.24) is 15.5 Å². The van der Waals surface area contributed by atoms with E-state index in [9.17, 15) is 0 Å². The summed E-state index contributed by atoms with van der Waals surface area (Å²) < 4.78 is 11.1. The molecule has 5 heteroatoms. The maximum Gasteiger partial charge on any atom is 0.231 e. The lowest BCUT2D eigenvalue weighted by Crippen LogP contribution is -2.32. The maximum atomic E-state index is 5.63. The lowest BCUT2D eigenvalue weighted by molar-refractivity contribution is 0.0518. The Bertz CT molecular complexity index is 368. The third-order valence-corrected chi connectivity index (χ3v) is 3.56. The molecule has 0 fully saturated rings. The van der Waals surface area contributed by atoms with Crippen LogP contribution in [-0.2, 0) is 4.74 Å². The molecule has 0 aliphatic rings. The van der Waals surface area contributed by atoms with Gasteiger partial charge >= 0.3 is 0 Å². The zero-order valence-corrected chi connectivity index (χ0v) is 13.5. The third kappa shape index (κ3) is 4.56. The van der Waals surface area contributed by atoms with E-state index in [0.717, 1.165) is 31.7 Å². The van der Waals surface area contributed by atoms with Crippen LogP contribution in [-0.4, -0.2) is 29.3 Å². The van der Waals surface area contributed by atoms with Crippen LogP contribution in [0.5, 0.6) is 0 Å². The Morgan fingerprint density at radius 2 is 1.95 bits per heavy atom. The van der Waals surface area contributed by atoms with Crippen LogP contribution in [0.4, 0.5) is 0 Å². The van der Waals surface area contributed by atoms with Crippen LogP contribution in [0.3, 0.4) is 0 Å². The fraction of sp³-hybridized carbons (Fsp3) is 0.867. The predicted octanol–water partition coefficient (Wildman–Crippen LogP) is 3.44. The maximum absolute atomic E-state index is 5.63. The number of hydrogen-bond acceptors (Lipinski definition) is 5. The van der Waals surface area contributed by atoms with Gasteiger partial charge in [0.1, 0.15) is 6.10 Å². The quantitative estimate of drug-likeness (QED) is 0.712. The minimum Gasteiger partial charge on any atom is -0.370 e. The highest BCUT2D eigenvalue weighted by atomic mass is 16.5. The molecule has 0 amide bonds. The van der Waals surface area contributed by atoms with Crippen molar-refractivity contribution in [3.05, 3.63) is 11.7 Å². The Morgan fingerprint density at radius 1 is 1.20 bits per heavy atom. The van der Waals surface area contributed by atoms with Gasteiger partial charge in [0.25, 0.3) is 0 Å². The van der Waals surface area contributed by atoms with Gasteiger partial charge in [0.2, 0.25) is 11.7 Å². The molecule has 1 N–H and O–H groups in total. The first-order valence-electron chi connectivity index (χ1n) is 7.86. The van der Waals surface area contributed by atoms with Crippen LogP contribution >= 0.6 is 0 Å². The summed E-state index contributed by atoms with van der Waals surface area (Å²) >= 11 is 0. The van der Waals surface area contributed by atoms with Gasteiger partial charge in [0.05, 0.1) is 5.92 Å². The second-order valence-electron chi connectivity index (χ2n) is 5.10. The van der Waals surface area contributed by atoms with E-state index in [1.165, 1.54) is 0 Å². The summed E-state index contributed by atoms with van der Waals surface area (Å²) in [6.45, 7) is 12.2. The van der Waals surface area contributed by atoms with E-state index in [2.05, 4.69) is 43.2 Å². The average molecular weight is 283 g/mol. The number of nitrogens with zero attached hydrogens (tertiary/aromatic N) is 2. The van der Waals surface area contributed by atoms with E-state index in [0.29, 0.717) is 18.5 Å². The SMILES string of the molecule is CCCNC(C)C(CC)c1nc(C(CC)OCC)no1. The van der Waals surface area contributed by atoms with E-state index < -0.39 is 0 Å². The Morgan fingerprint density at radius 3 is 2.50 bits per heavy atom. The van der Waals surface area contributed by atoms with E-state index >= 15 is 0 Å². The topological polar surface area (TPSA) is 60.2 Å². The van der Waals surface area contributed by atoms with Gasteiger partial charge in [-0.05, 0) is 39.7 Å². The monoisotopic (exact) mass is 283 g/mol. The number of hydrogen-bond donors (Lipinski definition) is 1. The highest BCUT2D eigenvalue weighted by molar-refractivity contribution is 5.00. The highest BCUT2D eigenvalue weighted by Gasteiger charge is 2.25. The lowest BCUT2D eigenvalue weighted by Gasteiger charge is -2.20. The zero-order valence-electron chi connectivity index (χ0n) is 13.5. The van der Waals surface area contributed by atoms with Crippen molar-refractivity contribution < 1.29 is 9.26 Å². The molecule has 0 radical (unpaired) electrons. The van der Waals surface area contributed by atoms with Crippen molar-refractivity contribution in [3.8, 4) is 0 Å². The molecular formula is C15H29N3O2. The van der Waals surface area contributed by atoms with Crippen LogP contribution in [0.15, 0.2) is 4.52 Å². The molecule has 1 heterocycles. The Kier molecular flexibility index (Phi) is 7.77. The van der Waals surface area contributed by atoms with E-state index in [-0.39, 0.29) is 12.0 Å². The minimum atomic E-state index is -0.0612. The number of rotatable bonds is 10. The summed E-state index contributed by atoms with van der Waals surface area (Å²) in [5.41, 5.74) is 0. The molecule has 3 atom stereocenters. The van der Waals surface area contributed by atoms with Crippen LogP contribution < -0.4 is 5.32 Å². The molecule has 0 aliphatic heterocycles. The number of aromatic nitrogens is 2. The second kappa shape index (κ2) is 9.08. The molecule has 0 saturated heterocycles. The lowest BCUT2D eigenvalue weighted by atomic mass is 9.98. The van der Waals surface area contributed by atoms with Gasteiger partial charge in [0.15, 0.2) is 0 Å². The largest absolute Gasteiger partial charge is 0.370 e. The normalized spacial score (nSPS) is 16.1. The molecule has 0 aromatic carbocycles. The smallest absolute Gasteiger partial charge is 0.231 e. The zero-order chi connectivity index (χ0) is 15.0. The Hall–Kier alpha value is -0.940. The van der Waals surface area contributed by atoms with Crippen LogP contribution in [0.1, 0.15) is 77.6 Å². The van der Waals surface area contributed by atoms with Gasteiger partial charge in [-0.15, -0.1) is 0 Å². The first kappa shape index (κ1) is 17.1. The van der Waals surface area contributed by atoms with Crippen molar-refractivity contribution >= 4 is 0 Å². The molecule has 20 heavy (non-hydrogen) atoms. The number of ether oxygens (including phenoxy) is 1. The molecule has 1 aromatic heterocycles. The molecule has 1 rings (SSSR count). The average Bonchev–Trinajstić information content (AvgIpc) is 2.92. The fourth-order valence-corrected chi connectivity index (χ4v) is 2.36. The molecule has 1 aromatic rings. The molecule has 0 bridgehead atoms. The van der Waals surface area contributed by atoms with Gasteiger partial charge in [0, 0.05) is 12.6 Å². The summed E-state index contributed by atoms with van der Waals surface area (Å²) in [6.07, 6.45) is 2.89. The summed E-state index contributed by atoms with van der Waals surface area (Å²) in [4.78, 5) is 4.56. The standard InChI is InChI=1S/C15H29N3O2/c1-6-10-16-11(5)12(7-2)15-17-14(18-20-15)13(8-3)19-9-4/h11-13,16H,6-10H2,1-5H3. The first-order valence-corrected chi connectivity index (χ1v) is 7.86. The van der Waals surface area contributed by atoms with Crippen molar-refractivity contribution in [2.24, 2.45) is 0 Å². The molecule has 5 nitrogen and oxygen atoms in total. The van der Waals surface area contributed by atoms with Crippen molar-refractivity contribution in [2.75, 3.05) is 13.2 Å². The summed E-state index contributed by atoms with van der Waals surface area (Å²) in [5, 5.41) is 7.60. The molecule has 116 valence electrons. The third-order valence-electron chi connectivity index (χ3n) is 3.56. The highest BCUT2D eigenvalue weighted by Crippen LogP contribution is 2.25. The predicted molar refractivity (Wildman–Crippen MR) is 79.7 cm³/mol. The minimum absolute atomic E-state index is 0.0612. The van der Waals surface area contributed by atoms with E-state index in [4.69, 9.17) is 9.26 Å². The molecule has 0 spiro atoms. The molecular weight excluding hydrogens is 254 g/mol. The first-order chi connectivity index (χ1) is 9.67. The van der Waals surface area contributed by atoms with Crippen LogP contribution in [0.2, 0.25) is 0 Å². The van der Waals surface area contributed by atoms with Gasteiger partial charge < -0.3 is 14.6 Å². The summed E-state index contributed by atoms with van der Waals surface area (Å²) in [5.74, 6) is 1.64. The van der Waals surface area contributed by atoms with Crippen molar-refractivity contribution in [2.45, 2.75) is 71.9 Å². The number of nitrogens with one attached hydrogen (secondary N) is 1. The molecule has 0 saturated carbocycles. The second-order valence-corrected chi connectivity index (χ2v) is 5.10. The Balaban J connectivity index is 2.76. The van der Waals surface area contributed by atoms with Crippen LogP contribution in [0, 0.1) is 0 Å². The summed E-state index contributed by atoms with van der Waals surface area (Å²) in [6, 6.07) is 0.334. The van der Waals surface area contributed by atoms with Gasteiger partial charge in [-0.25, -0.2) is 0 Å². The van der Waals surface area contributed by atoms with Gasteiger partial charge in [-0.3, -0.25) is 0 Å². The van der Waals surface area contributed by atoms with Gasteiger partial charge in [-0.1, -0.05) is 25.9 Å². The van der Waals surface area contributed by atoms with E-state index in [1.54, 1.807) is 0 Å². The van der Waals surface area contributed by atoms with E-state index in [1.807, 2.05) is 6.92 Å². The fourth-order valence-electron chi connectivity index (χ4n) is 2.36. The van der Waals surface area contributed by atoms with Crippen LogP contribution in [0.25, 0.3) is 0 Å². The van der Waals surface area contributed by atoms with Crippen molar-refractivity contribution in [3.63, 3.8) is 0 Å². The molecule has 0 aliphatic carbocycles. The van der Waals surface area contributed by atoms with Gasteiger partial charge in [-0.2, -0.15) is 4.98 Å². The van der Waals surface area contributed by atoms with Crippen molar-refractivity contribution in [1.29, 1.82) is 0 Å². The Labute approximate surface area is 122 Å².